The molecule has 2 heterocycles. The fraction of sp³-hybridized carbons (Fsp3) is 0.941. The van der Waals surface area contributed by atoms with E-state index in [1.54, 1.807) is 0 Å². The van der Waals surface area contributed by atoms with Crippen molar-refractivity contribution >= 4 is 5.96 Å². The zero-order valence-electron chi connectivity index (χ0n) is 14.1. The second-order valence-electron chi connectivity index (χ2n) is 8.12. The maximum Gasteiger partial charge on any atom is 0.191 e. The van der Waals surface area contributed by atoms with Crippen molar-refractivity contribution in [3.63, 3.8) is 0 Å². The lowest BCUT2D eigenvalue weighted by Crippen LogP contribution is -2.68. The fourth-order valence-electron chi connectivity index (χ4n) is 4.81. The largest absolute Gasteiger partial charge is 0.377 e. The van der Waals surface area contributed by atoms with Gasteiger partial charge in [-0.3, -0.25) is 9.89 Å². The quantitative estimate of drug-likeness (QED) is 0.608. The van der Waals surface area contributed by atoms with E-state index in [1.165, 1.54) is 38.8 Å². The van der Waals surface area contributed by atoms with Crippen LogP contribution in [0.4, 0.5) is 0 Å². The molecule has 2 saturated carbocycles. The second kappa shape index (κ2) is 5.38. The molecule has 4 aliphatic rings. The summed E-state index contributed by atoms with van der Waals surface area (Å²) in [4.78, 5) is 7.11. The minimum atomic E-state index is 0.203. The maximum atomic E-state index is 5.89. The van der Waals surface area contributed by atoms with Gasteiger partial charge in [0, 0.05) is 56.2 Å². The third-order valence-corrected chi connectivity index (χ3v) is 6.24. The first-order chi connectivity index (χ1) is 10.6. The number of rotatable bonds is 3. The summed E-state index contributed by atoms with van der Waals surface area (Å²) >= 11 is 0. The van der Waals surface area contributed by atoms with Crippen LogP contribution in [0.1, 0.15) is 39.5 Å². The van der Waals surface area contributed by atoms with Gasteiger partial charge in [-0.15, -0.1) is 0 Å². The highest BCUT2D eigenvalue weighted by molar-refractivity contribution is 5.80. The van der Waals surface area contributed by atoms with Crippen molar-refractivity contribution in [1.29, 1.82) is 0 Å². The van der Waals surface area contributed by atoms with Crippen LogP contribution >= 0.6 is 0 Å². The van der Waals surface area contributed by atoms with E-state index in [2.05, 4.69) is 34.4 Å². The van der Waals surface area contributed by atoms with Gasteiger partial charge in [0.25, 0.3) is 0 Å². The number of guanidine groups is 1. The molecular formula is C17H30N4O. The SMILES string of the molecule is CN=C(NC1CCN(C2CC2)C1)NC1C2CCOC2C1(C)C. The predicted molar refractivity (Wildman–Crippen MR) is 88.0 cm³/mol. The van der Waals surface area contributed by atoms with Crippen LogP contribution < -0.4 is 10.6 Å². The van der Waals surface area contributed by atoms with E-state index in [-0.39, 0.29) is 5.41 Å². The molecule has 2 aliphatic carbocycles. The molecule has 0 amide bonds. The average Bonchev–Trinajstić information content (AvgIpc) is 3.08. The van der Waals surface area contributed by atoms with Crippen molar-refractivity contribution in [2.75, 3.05) is 26.7 Å². The Bertz CT molecular complexity index is 460. The van der Waals surface area contributed by atoms with E-state index in [4.69, 9.17) is 4.74 Å². The first-order valence-electron chi connectivity index (χ1n) is 8.95. The highest BCUT2D eigenvalue weighted by Crippen LogP contribution is 2.52. The number of nitrogens with one attached hydrogen (secondary N) is 2. The van der Waals surface area contributed by atoms with Crippen molar-refractivity contribution in [2.24, 2.45) is 16.3 Å². The van der Waals surface area contributed by atoms with Crippen LogP contribution in [-0.4, -0.2) is 61.8 Å². The van der Waals surface area contributed by atoms with Crippen molar-refractivity contribution in [3.05, 3.63) is 0 Å². The zero-order valence-corrected chi connectivity index (χ0v) is 14.1. The van der Waals surface area contributed by atoms with E-state index in [9.17, 15) is 0 Å². The monoisotopic (exact) mass is 306 g/mol. The summed E-state index contributed by atoms with van der Waals surface area (Å²) in [5.74, 6) is 1.63. The number of ether oxygens (including phenoxy) is 1. The Morgan fingerprint density at radius 1 is 1.18 bits per heavy atom. The minimum absolute atomic E-state index is 0.203. The number of hydrogen-bond donors (Lipinski definition) is 2. The number of hydrogen-bond acceptors (Lipinski definition) is 3. The van der Waals surface area contributed by atoms with Gasteiger partial charge in [-0.05, 0) is 25.7 Å². The highest BCUT2D eigenvalue weighted by Gasteiger charge is 2.59. The van der Waals surface area contributed by atoms with Gasteiger partial charge < -0.3 is 15.4 Å². The lowest BCUT2D eigenvalue weighted by molar-refractivity contribution is -0.106. The summed E-state index contributed by atoms with van der Waals surface area (Å²) in [6.45, 7) is 7.97. The van der Waals surface area contributed by atoms with E-state index in [0.717, 1.165) is 18.6 Å². The summed E-state index contributed by atoms with van der Waals surface area (Å²) in [6.07, 6.45) is 5.65. The zero-order chi connectivity index (χ0) is 15.3. The molecule has 2 saturated heterocycles. The van der Waals surface area contributed by atoms with Gasteiger partial charge in [-0.2, -0.15) is 0 Å². The van der Waals surface area contributed by atoms with Crippen LogP contribution in [0.15, 0.2) is 4.99 Å². The molecule has 5 heteroatoms. The van der Waals surface area contributed by atoms with Crippen molar-refractivity contribution in [2.45, 2.75) is 63.8 Å². The van der Waals surface area contributed by atoms with Crippen molar-refractivity contribution < 1.29 is 4.74 Å². The van der Waals surface area contributed by atoms with Crippen LogP contribution in [0.2, 0.25) is 0 Å². The molecule has 4 atom stereocenters. The standard InChI is InChI=1S/C17H30N4O/c1-17(2)14(13-7-9-22-15(13)17)20-16(18-3)19-11-6-8-21(10-11)12-4-5-12/h11-15H,4-10H2,1-3H3,(H2,18,19,20). The van der Waals surface area contributed by atoms with Gasteiger partial charge in [-0.25, -0.2) is 0 Å². The van der Waals surface area contributed by atoms with Gasteiger partial charge in [0.15, 0.2) is 5.96 Å². The molecule has 0 spiro atoms. The maximum absolute atomic E-state index is 5.89. The van der Waals surface area contributed by atoms with Crippen molar-refractivity contribution in [3.8, 4) is 0 Å². The molecule has 4 rings (SSSR count). The number of nitrogens with zero attached hydrogens (tertiary/aromatic N) is 2. The number of likely N-dealkylation sites (tertiary alicyclic amines) is 1. The Balaban J connectivity index is 1.33. The fourth-order valence-corrected chi connectivity index (χ4v) is 4.81. The van der Waals surface area contributed by atoms with Crippen LogP contribution in [0.3, 0.4) is 0 Å². The van der Waals surface area contributed by atoms with Crippen LogP contribution in [0.5, 0.6) is 0 Å². The third kappa shape index (κ3) is 2.42. The Labute approximate surface area is 133 Å². The molecule has 4 fully saturated rings. The molecule has 4 unspecified atom stereocenters. The molecule has 0 aromatic heterocycles. The van der Waals surface area contributed by atoms with Crippen LogP contribution in [0.25, 0.3) is 0 Å². The summed E-state index contributed by atoms with van der Waals surface area (Å²) in [6, 6.07) is 1.90. The molecule has 5 nitrogen and oxygen atoms in total. The number of aliphatic imine (C=N–C) groups is 1. The summed E-state index contributed by atoms with van der Waals surface area (Å²) < 4.78 is 5.89. The molecule has 0 aromatic rings. The molecule has 0 aromatic carbocycles. The first-order valence-corrected chi connectivity index (χ1v) is 8.95. The molecule has 2 N–H and O–H groups in total. The molecule has 124 valence electrons. The highest BCUT2D eigenvalue weighted by atomic mass is 16.5. The second-order valence-corrected chi connectivity index (χ2v) is 8.12. The normalized spacial score (nSPS) is 41.1. The van der Waals surface area contributed by atoms with Gasteiger partial charge in [0.2, 0.25) is 0 Å². The molecule has 22 heavy (non-hydrogen) atoms. The van der Waals surface area contributed by atoms with Gasteiger partial charge in [0.05, 0.1) is 6.10 Å². The lowest BCUT2D eigenvalue weighted by Gasteiger charge is -2.55. The summed E-state index contributed by atoms with van der Waals surface area (Å²) in [5.41, 5.74) is 0.203. The third-order valence-electron chi connectivity index (χ3n) is 6.24. The predicted octanol–water partition coefficient (Wildman–Crippen LogP) is 1.20. The van der Waals surface area contributed by atoms with Crippen LogP contribution in [0, 0.1) is 11.3 Å². The van der Waals surface area contributed by atoms with Crippen molar-refractivity contribution in [1.82, 2.24) is 15.5 Å². The first kappa shape index (κ1) is 14.8. The average molecular weight is 306 g/mol. The molecule has 2 aliphatic heterocycles. The summed E-state index contributed by atoms with van der Waals surface area (Å²) in [7, 11) is 1.89. The van der Waals surface area contributed by atoms with E-state index in [0.29, 0.717) is 24.1 Å². The van der Waals surface area contributed by atoms with E-state index >= 15 is 0 Å². The van der Waals surface area contributed by atoms with E-state index < -0.39 is 0 Å². The van der Waals surface area contributed by atoms with Crippen LogP contribution in [-0.2, 0) is 4.74 Å². The minimum Gasteiger partial charge on any atom is -0.377 e. The van der Waals surface area contributed by atoms with Gasteiger partial charge >= 0.3 is 0 Å². The Morgan fingerprint density at radius 2 is 2.00 bits per heavy atom. The molecular weight excluding hydrogens is 276 g/mol. The molecule has 0 bridgehead atoms. The lowest BCUT2D eigenvalue weighted by atomic mass is 9.57. The Kier molecular flexibility index (Phi) is 3.61. The smallest absolute Gasteiger partial charge is 0.191 e. The van der Waals surface area contributed by atoms with Gasteiger partial charge in [0.1, 0.15) is 0 Å². The summed E-state index contributed by atoms with van der Waals surface area (Å²) in [5, 5.41) is 7.34. The number of fused-ring (bicyclic) bond motifs is 1. The topological polar surface area (TPSA) is 48.9 Å². The Hall–Kier alpha value is -0.810. The molecule has 0 radical (unpaired) electrons. The van der Waals surface area contributed by atoms with E-state index in [1.807, 2.05) is 7.05 Å². The Morgan fingerprint density at radius 3 is 2.73 bits per heavy atom. The van der Waals surface area contributed by atoms with Gasteiger partial charge in [-0.1, -0.05) is 13.8 Å².